The van der Waals surface area contributed by atoms with Crippen molar-refractivity contribution in [3.63, 3.8) is 0 Å². The zero-order chi connectivity index (χ0) is 30.9. The van der Waals surface area contributed by atoms with Crippen molar-refractivity contribution in [2.24, 2.45) is 5.92 Å². The number of hydrogen-bond acceptors (Lipinski definition) is 6. The number of halogens is 1. The van der Waals surface area contributed by atoms with Gasteiger partial charge in [0.05, 0.1) is 24.8 Å². The molecule has 226 valence electrons. The van der Waals surface area contributed by atoms with Gasteiger partial charge in [-0.15, -0.1) is 0 Å². The Kier molecular flexibility index (Phi) is 11.6. The molecular formula is C31H38ClN3O6S. The van der Waals surface area contributed by atoms with E-state index in [9.17, 15) is 18.0 Å². The third kappa shape index (κ3) is 8.17. The van der Waals surface area contributed by atoms with Crippen molar-refractivity contribution in [1.82, 2.24) is 10.2 Å². The van der Waals surface area contributed by atoms with Crippen LogP contribution >= 0.6 is 11.6 Å². The second-order valence-corrected chi connectivity index (χ2v) is 12.4. The average molecular weight is 616 g/mol. The first kappa shape index (κ1) is 32.8. The van der Waals surface area contributed by atoms with Crippen LogP contribution < -0.4 is 19.1 Å². The summed E-state index contributed by atoms with van der Waals surface area (Å²) >= 11 is 6.29. The Morgan fingerprint density at radius 1 is 0.952 bits per heavy atom. The maximum Gasteiger partial charge on any atom is 0.264 e. The van der Waals surface area contributed by atoms with E-state index in [4.69, 9.17) is 21.1 Å². The number of nitrogens with one attached hydrogen (secondary N) is 1. The lowest BCUT2D eigenvalue weighted by atomic mass is 10.1. The fourth-order valence-corrected chi connectivity index (χ4v) is 6.00. The van der Waals surface area contributed by atoms with E-state index in [2.05, 4.69) is 5.32 Å². The monoisotopic (exact) mass is 615 g/mol. The fourth-order valence-electron chi connectivity index (χ4n) is 4.40. The van der Waals surface area contributed by atoms with Crippen molar-refractivity contribution in [2.75, 3.05) is 31.6 Å². The summed E-state index contributed by atoms with van der Waals surface area (Å²) < 4.78 is 39.8. The van der Waals surface area contributed by atoms with Crippen LogP contribution in [0.15, 0.2) is 77.7 Å². The predicted octanol–water partition coefficient (Wildman–Crippen LogP) is 5.13. The molecule has 2 amide bonds. The van der Waals surface area contributed by atoms with Crippen LogP contribution in [0.4, 0.5) is 5.69 Å². The molecule has 1 N–H and O–H groups in total. The van der Waals surface area contributed by atoms with Gasteiger partial charge in [-0.3, -0.25) is 13.9 Å². The molecule has 42 heavy (non-hydrogen) atoms. The Morgan fingerprint density at radius 2 is 1.67 bits per heavy atom. The Hall–Kier alpha value is -3.76. The molecule has 0 saturated carbocycles. The largest absolute Gasteiger partial charge is 0.497 e. The molecule has 0 fully saturated rings. The van der Waals surface area contributed by atoms with Crippen LogP contribution in [-0.2, 0) is 26.2 Å². The lowest BCUT2D eigenvalue weighted by Gasteiger charge is -2.33. The molecule has 1 atom stereocenters. The first-order valence-electron chi connectivity index (χ1n) is 13.6. The molecule has 11 heteroatoms. The van der Waals surface area contributed by atoms with Gasteiger partial charge in [0, 0.05) is 18.1 Å². The van der Waals surface area contributed by atoms with Gasteiger partial charge >= 0.3 is 0 Å². The van der Waals surface area contributed by atoms with Crippen LogP contribution in [0.1, 0.15) is 32.8 Å². The lowest BCUT2D eigenvalue weighted by molar-refractivity contribution is -0.140. The number of ether oxygens (including phenoxy) is 2. The first-order chi connectivity index (χ1) is 20.0. The van der Waals surface area contributed by atoms with E-state index >= 15 is 0 Å². The van der Waals surface area contributed by atoms with Crippen molar-refractivity contribution in [1.29, 1.82) is 0 Å². The SMILES string of the molecule is CC[C@H](C(=O)NCC(C)C)N(Cc1cccc(OC)c1)C(=O)CN(c1cc(Cl)ccc1OC)S(=O)(=O)c1ccccc1. The van der Waals surface area contributed by atoms with E-state index in [1.807, 2.05) is 26.8 Å². The van der Waals surface area contributed by atoms with Gasteiger partial charge in [-0.25, -0.2) is 8.42 Å². The minimum Gasteiger partial charge on any atom is -0.497 e. The van der Waals surface area contributed by atoms with Gasteiger partial charge in [-0.1, -0.05) is 62.7 Å². The van der Waals surface area contributed by atoms with E-state index < -0.39 is 28.5 Å². The molecule has 0 bridgehead atoms. The maximum absolute atomic E-state index is 14.2. The summed E-state index contributed by atoms with van der Waals surface area (Å²) in [6, 6.07) is 18.7. The summed E-state index contributed by atoms with van der Waals surface area (Å²) in [4.78, 5) is 29.0. The molecule has 0 spiro atoms. The fraction of sp³-hybridized carbons (Fsp3) is 0.355. The standard InChI is InChI=1S/C31H38ClN3O6S/c1-6-27(31(37)33-19-22(2)3)34(20-23-11-10-12-25(17-23)40-4)30(36)21-35(28-18-24(32)15-16-29(28)41-5)42(38,39)26-13-8-7-9-14-26/h7-18,22,27H,6,19-21H2,1-5H3,(H,33,37)/t27-/m1/s1. The van der Waals surface area contributed by atoms with Crippen LogP contribution in [0.5, 0.6) is 11.5 Å². The van der Waals surface area contributed by atoms with Crippen molar-refractivity contribution in [3.05, 3.63) is 83.4 Å². The molecule has 0 saturated heterocycles. The van der Waals surface area contributed by atoms with Gasteiger partial charge in [-0.05, 0) is 60.4 Å². The highest BCUT2D eigenvalue weighted by atomic mass is 35.5. The summed E-state index contributed by atoms with van der Waals surface area (Å²) in [5, 5.41) is 3.18. The molecule has 3 aromatic carbocycles. The molecule has 0 unspecified atom stereocenters. The molecule has 9 nitrogen and oxygen atoms in total. The van der Waals surface area contributed by atoms with E-state index in [1.54, 1.807) is 49.6 Å². The van der Waals surface area contributed by atoms with E-state index in [0.717, 1.165) is 9.87 Å². The quantitative estimate of drug-likeness (QED) is 0.270. The molecular weight excluding hydrogens is 578 g/mol. The number of nitrogens with zero attached hydrogens (tertiary/aromatic N) is 2. The zero-order valence-corrected chi connectivity index (χ0v) is 26.1. The lowest BCUT2D eigenvalue weighted by Crippen LogP contribution is -2.52. The minimum absolute atomic E-state index is 0.0131. The summed E-state index contributed by atoms with van der Waals surface area (Å²) in [6.07, 6.45) is 0.311. The van der Waals surface area contributed by atoms with Crippen molar-refractivity contribution < 1.29 is 27.5 Å². The number of carbonyl (C=O) groups excluding carboxylic acids is 2. The van der Waals surface area contributed by atoms with E-state index in [1.165, 1.54) is 36.3 Å². The van der Waals surface area contributed by atoms with Gasteiger partial charge in [0.15, 0.2) is 0 Å². The van der Waals surface area contributed by atoms with Gasteiger partial charge in [0.1, 0.15) is 24.1 Å². The summed E-state index contributed by atoms with van der Waals surface area (Å²) in [6.45, 7) is 5.65. The minimum atomic E-state index is -4.26. The average Bonchev–Trinajstić information content (AvgIpc) is 2.99. The molecule has 0 radical (unpaired) electrons. The number of carbonyl (C=O) groups is 2. The number of benzene rings is 3. The van der Waals surface area contributed by atoms with Gasteiger partial charge in [0.2, 0.25) is 11.8 Å². The second kappa shape index (κ2) is 14.9. The molecule has 0 aromatic heterocycles. The molecule has 0 aliphatic carbocycles. The summed E-state index contributed by atoms with van der Waals surface area (Å²) in [7, 11) is -1.31. The molecule has 3 rings (SSSR count). The van der Waals surface area contributed by atoms with Gasteiger partial charge in [-0.2, -0.15) is 0 Å². The highest BCUT2D eigenvalue weighted by Crippen LogP contribution is 2.35. The summed E-state index contributed by atoms with van der Waals surface area (Å²) in [5.74, 6) is 0.115. The second-order valence-electron chi connectivity index (χ2n) is 10.1. The number of methoxy groups -OCH3 is 2. The predicted molar refractivity (Wildman–Crippen MR) is 164 cm³/mol. The molecule has 0 aliphatic rings. The zero-order valence-electron chi connectivity index (χ0n) is 24.5. The Bertz CT molecular complexity index is 1470. The highest BCUT2D eigenvalue weighted by Gasteiger charge is 2.35. The van der Waals surface area contributed by atoms with Gasteiger partial charge < -0.3 is 19.7 Å². The Morgan fingerprint density at radius 3 is 2.29 bits per heavy atom. The van der Waals surface area contributed by atoms with Crippen LogP contribution in [0.3, 0.4) is 0 Å². The normalized spacial score (nSPS) is 12.0. The molecule has 3 aromatic rings. The smallest absolute Gasteiger partial charge is 0.264 e. The Labute approximate surface area is 253 Å². The number of rotatable bonds is 14. The third-order valence-electron chi connectivity index (χ3n) is 6.58. The number of sulfonamides is 1. The number of hydrogen-bond donors (Lipinski definition) is 1. The van der Waals surface area contributed by atoms with Crippen LogP contribution in [0.25, 0.3) is 0 Å². The first-order valence-corrected chi connectivity index (χ1v) is 15.4. The highest BCUT2D eigenvalue weighted by molar-refractivity contribution is 7.92. The van der Waals surface area contributed by atoms with Gasteiger partial charge in [0.25, 0.3) is 10.0 Å². The van der Waals surface area contributed by atoms with Crippen LogP contribution in [0.2, 0.25) is 5.02 Å². The molecule has 0 heterocycles. The van der Waals surface area contributed by atoms with Crippen LogP contribution in [-0.4, -0.2) is 58.5 Å². The number of anilines is 1. The van der Waals surface area contributed by atoms with Crippen LogP contribution in [0, 0.1) is 5.92 Å². The molecule has 0 aliphatic heterocycles. The van der Waals surface area contributed by atoms with E-state index in [0.29, 0.717) is 18.7 Å². The topological polar surface area (TPSA) is 105 Å². The maximum atomic E-state index is 14.2. The van der Waals surface area contributed by atoms with Crippen molar-refractivity contribution >= 4 is 39.1 Å². The van der Waals surface area contributed by atoms with E-state index in [-0.39, 0.29) is 39.7 Å². The third-order valence-corrected chi connectivity index (χ3v) is 8.59. The Balaban J connectivity index is 2.11. The van der Waals surface area contributed by atoms with Crippen molar-refractivity contribution in [3.8, 4) is 11.5 Å². The number of amides is 2. The van der Waals surface area contributed by atoms with Crippen molar-refractivity contribution in [2.45, 2.75) is 44.7 Å². The summed E-state index contributed by atoms with van der Waals surface area (Å²) in [5.41, 5.74) is 0.816.